The van der Waals surface area contributed by atoms with Crippen molar-refractivity contribution in [3.8, 4) is 0 Å². The molecule has 2 aromatic carbocycles. The Labute approximate surface area is 182 Å². The number of halogens is 2. The van der Waals surface area contributed by atoms with Gasteiger partial charge in [-0.3, -0.25) is 4.79 Å². The number of nitrogens with one attached hydrogen (secondary N) is 1. The molecule has 1 N–H and O–H groups in total. The number of nitrogens with zero attached hydrogens (tertiary/aromatic N) is 1. The van der Waals surface area contributed by atoms with Gasteiger partial charge in [0.2, 0.25) is 15.9 Å². The van der Waals surface area contributed by atoms with Crippen LogP contribution in [0, 0.1) is 12.8 Å². The van der Waals surface area contributed by atoms with Crippen LogP contribution in [-0.4, -0.2) is 31.7 Å². The van der Waals surface area contributed by atoms with Gasteiger partial charge in [0.15, 0.2) is 0 Å². The van der Waals surface area contributed by atoms with Gasteiger partial charge < -0.3 is 5.32 Å². The van der Waals surface area contributed by atoms with E-state index in [1.165, 1.54) is 10.4 Å². The number of hydrogen-bond donors (Lipinski definition) is 1. The molecule has 0 bridgehead atoms. The van der Waals surface area contributed by atoms with Crippen LogP contribution < -0.4 is 5.32 Å². The highest BCUT2D eigenvalue weighted by Gasteiger charge is 2.32. The predicted molar refractivity (Wildman–Crippen MR) is 116 cm³/mol. The number of carbonyl (C=O) groups excluding carboxylic acids is 1. The monoisotopic (exact) mass is 454 g/mol. The minimum Gasteiger partial charge on any atom is -0.352 e. The lowest BCUT2D eigenvalue weighted by atomic mass is 9.98. The number of amides is 1. The molecule has 1 aliphatic rings. The lowest BCUT2D eigenvalue weighted by Crippen LogP contribution is -2.45. The molecule has 0 spiro atoms. The van der Waals surface area contributed by atoms with Crippen molar-refractivity contribution in [2.45, 2.75) is 32.1 Å². The van der Waals surface area contributed by atoms with Crippen molar-refractivity contribution in [1.29, 1.82) is 0 Å². The Morgan fingerprint density at radius 1 is 1.21 bits per heavy atom. The van der Waals surface area contributed by atoms with Crippen molar-refractivity contribution in [2.24, 2.45) is 5.92 Å². The van der Waals surface area contributed by atoms with Gasteiger partial charge in [0.1, 0.15) is 0 Å². The first kappa shape index (κ1) is 22.1. The maximum atomic E-state index is 12.9. The van der Waals surface area contributed by atoms with E-state index in [0.29, 0.717) is 41.5 Å². The van der Waals surface area contributed by atoms with Gasteiger partial charge in [0.25, 0.3) is 0 Å². The Morgan fingerprint density at radius 2 is 2.00 bits per heavy atom. The summed E-state index contributed by atoms with van der Waals surface area (Å²) in [6.45, 7) is 3.04. The topological polar surface area (TPSA) is 66.5 Å². The predicted octanol–water partition coefficient (Wildman–Crippen LogP) is 4.16. The summed E-state index contributed by atoms with van der Waals surface area (Å²) in [5.74, 6) is -0.680. The molecular weight excluding hydrogens is 431 g/mol. The highest BCUT2D eigenvalue weighted by atomic mass is 35.5. The van der Waals surface area contributed by atoms with E-state index >= 15 is 0 Å². The van der Waals surface area contributed by atoms with Crippen LogP contribution in [0.4, 0.5) is 0 Å². The van der Waals surface area contributed by atoms with E-state index in [0.717, 1.165) is 11.1 Å². The molecule has 0 aromatic heterocycles. The van der Waals surface area contributed by atoms with E-state index < -0.39 is 10.0 Å². The van der Waals surface area contributed by atoms with Crippen LogP contribution in [-0.2, 0) is 27.1 Å². The number of piperidine rings is 1. The van der Waals surface area contributed by atoms with Gasteiger partial charge in [-0.15, -0.1) is 0 Å². The largest absolute Gasteiger partial charge is 0.352 e. The summed E-state index contributed by atoms with van der Waals surface area (Å²) < 4.78 is 27.2. The van der Waals surface area contributed by atoms with Crippen LogP contribution in [0.15, 0.2) is 42.5 Å². The number of benzene rings is 2. The summed E-state index contributed by atoms with van der Waals surface area (Å²) in [5.41, 5.74) is 2.66. The minimum atomic E-state index is -3.59. The third-order valence-corrected chi connectivity index (χ3v) is 7.43. The van der Waals surface area contributed by atoms with Crippen LogP contribution in [0.2, 0.25) is 10.0 Å². The fraction of sp³-hybridized carbons (Fsp3) is 0.381. The van der Waals surface area contributed by atoms with Gasteiger partial charge in [0, 0.05) is 29.7 Å². The third kappa shape index (κ3) is 5.95. The molecular formula is C21H24Cl2N2O3S. The van der Waals surface area contributed by atoms with Gasteiger partial charge in [-0.25, -0.2) is 12.7 Å². The molecule has 1 aliphatic heterocycles. The first-order valence-electron chi connectivity index (χ1n) is 9.49. The molecule has 1 fully saturated rings. The van der Waals surface area contributed by atoms with Crippen molar-refractivity contribution < 1.29 is 13.2 Å². The Morgan fingerprint density at radius 3 is 2.72 bits per heavy atom. The van der Waals surface area contributed by atoms with Crippen molar-refractivity contribution in [2.75, 3.05) is 13.1 Å². The first-order chi connectivity index (χ1) is 13.7. The summed E-state index contributed by atoms with van der Waals surface area (Å²) in [6.07, 6.45) is 1.32. The lowest BCUT2D eigenvalue weighted by molar-refractivity contribution is -0.126. The Balaban J connectivity index is 1.62. The molecule has 1 heterocycles. The van der Waals surface area contributed by atoms with Crippen molar-refractivity contribution in [3.63, 3.8) is 0 Å². The zero-order valence-corrected chi connectivity index (χ0v) is 18.5. The summed E-state index contributed by atoms with van der Waals surface area (Å²) in [6, 6.07) is 12.7. The number of sulfonamides is 1. The van der Waals surface area contributed by atoms with E-state index in [-0.39, 0.29) is 24.1 Å². The summed E-state index contributed by atoms with van der Waals surface area (Å²) in [7, 11) is -3.59. The van der Waals surface area contributed by atoms with E-state index in [2.05, 4.69) is 5.32 Å². The molecule has 0 radical (unpaired) electrons. The first-order valence-corrected chi connectivity index (χ1v) is 11.9. The Kier molecular flexibility index (Phi) is 7.22. The average Bonchev–Trinajstić information content (AvgIpc) is 2.68. The number of hydrogen-bond acceptors (Lipinski definition) is 3. The number of aryl methyl sites for hydroxylation is 1. The van der Waals surface area contributed by atoms with Crippen LogP contribution in [0.25, 0.3) is 0 Å². The summed E-state index contributed by atoms with van der Waals surface area (Å²) in [4.78, 5) is 12.6. The van der Waals surface area contributed by atoms with E-state index in [4.69, 9.17) is 23.2 Å². The van der Waals surface area contributed by atoms with Crippen LogP contribution >= 0.6 is 23.2 Å². The zero-order chi connectivity index (χ0) is 21.0. The van der Waals surface area contributed by atoms with Crippen LogP contribution in [0.1, 0.15) is 29.5 Å². The molecule has 0 saturated carbocycles. The Hall–Kier alpha value is -1.60. The van der Waals surface area contributed by atoms with E-state index in [1.807, 2.05) is 31.2 Å². The normalized spacial score (nSPS) is 17.8. The molecule has 0 aliphatic carbocycles. The maximum Gasteiger partial charge on any atom is 0.224 e. The second-order valence-corrected chi connectivity index (χ2v) is 10.2. The fourth-order valence-corrected chi connectivity index (χ4v) is 5.69. The van der Waals surface area contributed by atoms with Gasteiger partial charge in [-0.1, -0.05) is 59.1 Å². The molecule has 1 saturated heterocycles. The quantitative estimate of drug-likeness (QED) is 0.712. The zero-order valence-electron chi connectivity index (χ0n) is 16.2. The third-order valence-electron chi connectivity index (χ3n) is 5.05. The van der Waals surface area contributed by atoms with Gasteiger partial charge in [-0.05, 0) is 43.0 Å². The molecule has 156 valence electrons. The molecule has 8 heteroatoms. The maximum absolute atomic E-state index is 12.9. The molecule has 3 rings (SSSR count). The summed E-state index contributed by atoms with van der Waals surface area (Å²) >= 11 is 12.0. The van der Waals surface area contributed by atoms with E-state index in [9.17, 15) is 13.2 Å². The molecule has 1 atom stereocenters. The molecule has 5 nitrogen and oxygen atoms in total. The lowest BCUT2D eigenvalue weighted by Gasteiger charge is -2.31. The van der Waals surface area contributed by atoms with Crippen molar-refractivity contribution >= 4 is 39.1 Å². The SMILES string of the molecule is Cc1cccc(CNC(=O)C2CCCN(S(=O)(=O)Cc3ccc(Cl)cc3Cl)C2)c1. The average molecular weight is 455 g/mol. The number of rotatable bonds is 6. The second-order valence-electron chi connectivity index (χ2n) is 7.40. The van der Waals surface area contributed by atoms with Crippen molar-refractivity contribution in [1.82, 2.24) is 9.62 Å². The van der Waals surface area contributed by atoms with Crippen LogP contribution in [0.3, 0.4) is 0 Å². The smallest absolute Gasteiger partial charge is 0.224 e. The van der Waals surface area contributed by atoms with Crippen LogP contribution in [0.5, 0.6) is 0 Å². The summed E-state index contributed by atoms with van der Waals surface area (Å²) in [5, 5.41) is 3.72. The highest BCUT2D eigenvalue weighted by molar-refractivity contribution is 7.88. The standard InChI is InChI=1S/C21H24Cl2N2O3S/c1-15-4-2-5-16(10-15)12-24-21(26)17-6-3-9-25(13-17)29(27,28)14-18-7-8-19(22)11-20(18)23/h2,4-5,7-8,10-11,17H,3,6,9,12-14H2,1H3,(H,24,26). The second kappa shape index (κ2) is 9.47. The highest BCUT2D eigenvalue weighted by Crippen LogP contribution is 2.26. The van der Waals surface area contributed by atoms with Gasteiger partial charge >= 0.3 is 0 Å². The van der Waals surface area contributed by atoms with Crippen molar-refractivity contribution in [3.05, 3.63) is 69.2 Å². The molecule has 29 heavy (non-hydrogen) atoms. The Bertz CT molecular complexity index is 995. The molecule has 2 aromatic rings. The molecule has 1 amide bonds. The van der Waals surface area contributed by atoms with Gasteiger partial charge in [-0.2, -0.15) is 0 Å². The van der Waals surface area contributed by atoms with Gasteiger partial charge in [0.05, 0.1) is 11.7 Å². The molecule has 1 unspecified atom stereocenters. The number of carbonyl (C=O) groups is 1. The minimum absolute atomic E-state index is 0.115. The van der Waals surface area contributed by atoms with E-state index in [1.54, 1.807) is 12.1 Å². The fourth-order valence-electron chi connectivity index (χ4n) is 3.49.